The summed E-state index contributed by atoms with van der Waals surface area (Å²) in [5, 5.41) is 10.8. The summed E-state index contributed by atoms with van der Waals surface area (Å²) in [5.41, 5.74) is 0.948. The molecule has 2 aromatic carbocycles. The van der Waals surface area contributed by atoms with Gasteiger partial charge in [-0.25, -0.2) is 4.98 Å². The minimum atomic E-state index is -0.497. The lowest BCUT2D eigenvalue weighted by molar-refractivity contribution is 0.297. The largest absolute Gasteiger partial charge is 0.496 e. The predicted molar refractivity (Wildman–Crippen MR) is 119 cm³/mol. The molecule has 0 amide bonds. The van der Waals surface area contributed by atoms with Gasteiger partial charge in [-0.1, -0.05) is 46.6 Å². The molecule has 154 valence electrons. The summed E-state index contributed by atoms with van der Waals surface area (Å²) in [4.78, 5) is 19.2. The minimum Gasteiger partial charge on any atom is -0.496 e. The van der Waals surface area contributed by atoms with Gasteiger partial charge in [-0.3, -0.25) is 4.79 Å². The summed E-state index contributed by atoms with van der Waals surface area (Å²) in [6, 6.07) is 10.1. The maximum Gasteiger partial charge on any atom is 0.270 e. The van der Waals surface area contributed by atoms with E-state index in [0.29, 0.717) is 42.9 Å². The molecule has 0 fully saturated rings. The van der Waals surface area contributed by atoms with Crippen LogP contribution in [0.3, 0.4) is 0 Å². The normalized spacial score (nSPS) is 10.5. The van der Waals surface area contributed by atoms with Gasteiger partial charge in [0.2, 0.25) is 0 Å². The van der Waals surface area contributed by atoms with Crippen molar-refractivity contribution in [1.29, 1.82) is 5.26 Å². The van der Waals surface area contributed by atoms with E-state index in [1.807, 2.05) is 6.07 Å². The van der Waals surface area contributed by atoms with Gasteiger partial charge in [0.15, 0.2) is 5.16 Å². The lowest BCUT2D eigenvalue weighted by Gasteiger charge is -2.14. The first-order chi connectivity index (χ1) is 14.4. The Morgan fingerprint density at radius 3 is 2.53 bits per heavy atom. The number of ether oxygens (including phenoxy) is 2. The molecule has 6 nitrogen and oxygen atoms in total. The number of aromatic amines is 1. The van der Waals surface area contributed by atoms with E-state index in [0.717, 1.165) is 0 Å². The molecule has 0 unspecified atom stereocenters. The zero-order chi connectivity index (χ0) is 21.8. The van der Waals surface area contributed by atoms with Crippen LogP contribution >= 0.6 is 46.6 Å². The fourth-order valence-corrected chi connectivity index (χ4v) is 3.64. The van der Waals surface area contributed by atoms with Gasteiger partial charge in [0, 0.05) is 17.2 Å². The highest BCUT2D eigenvalue weighted by Gasteiger charge is 2.16. The quantitative estimate of drug-likeness (QED) is 0.280. The van der Waals surface area contributed by atoms with Crippen LogP contribution in [-0.4, -0.2) is 23.3 Å². The van der Waals surface area contributed by atoms with Gasteiger partial charge >= 0.3 is 0 Å². The molecule has 0 bridgehead atoms. The fraction of sp³-hybridized carbons (Fsp3) is 0.150. The van der Waals surface area contributed by atoms with Crippen molar-refractivity contribution in [3.05, 3.63) is 66.9 Å². The number of nitrogens with zero attached hydrogens (tertiary/aromatic N) is 2. The van der Waals surface area contributed by atoms with E-state index in [9.17, 15) is 10.1 Å². The van der Waals surface area contributed by atoms with Gasteiger partial charge in [-0.2, -0.15) is 5.26 Å². The zero-order valence-corrected chi connectivity index (χ0v) is 18.8. The molecule has 1 heterocycles. The summed E-state index contributed by atoms with van der Waals surface area (Å²) >= 11 is 19.4. The maximum atomic E-state index is 12.2. The molecule has 10 heteroatoms. The summed E-state index contributed by atoms with van der Waals surface area (Å²) in [6.45, 7) is 0.0924. The summed E-state index contributed by atoms with van der Waals surface area (Å²) in [7, 11) is 1.53. The van der Waals surface area contributed by atoms with E-state index >= 15 is 0 Å². The molecular formula is C20H14Cl3N3O3S. The molecule has 3 aromatic rings. The van der Waals surface area contributed by atoms with Crippen LogP contribution in [-0.2, 0) is 6.61 Å². The van der Waals surface area contributed by atoms with Gasteiger partial charge in [0.05, 0.1) is 27.9 Å². The lowest BCUT2D eigenvalue weighted by Crippen LogP contribution is -2.14. The number of hydrogen-bond donors (Lipinski definition) is 1. The smallest absolute Gasteiger partial charge is 0.270 e. The van der Waals surface area contributed by atoms with Crippen LogP contribution in [0.2, 0.25) is 15.1 Å². The fourth-order valence-electron chi connectivity index (χ4n) is 2.67. The number of hydrogen-bond acceptors (Lipinski definition) is 6. The first kappa shape index (κ1) is 22.3. The predicted octanol–water partition coefficient (Wildman–Crippen LogP) is 5.58. The number of methoxy groups -OCH3 is 1. The maximum absolute atomic E-state index is 12.2. The van der Waals surface area contributed by atoms with Crippen molar-refractivity contribution in [3.8, 4) is 28.8 Å². The van der Waals surface area contributed by atoms with Gasteiger partial charge < -0.3 is 14.5 Å². The Kier molecular flexibility index (Phi) is 7.16. The number of nitriles is 1. The number of rotatable bonds is 6. The molecule has 0 radical (unpaired) electrons. The highest BCUT2D eigenvalue weighted by atomic mass is 35.5. The number of nitrogens with one attached hydrogen (secondary N) is 1. The van der Waals surface area contributed by atoms with Gasteiger partial charge in [-0.15, -0.1) is 0 Å². The van der Waals surface area contributed by atoms with E-state index in [-0.39, 0.29) is 17.9 Å². The Morgan fingerprint density at radius 1 is 1.13 bits per heavy atom. The molecule has 0 atom stereocenters. The van der Waals surface area contributed by atoms with Crippen molar-refractivity contribution in [2.45, 2.75) is 11.8 Å². The number of halogens is 3. The van der Waals surface area contributed by atoms with Crippen molar-refractivity contribution in [2.75, 3.05) is 13.4 Å². The molecule has 3 rings (SSSR count). The lowest BCUT2D eigenvalue weighted by atomic mass is 10.0. The highest BCUT2D eigenvalue weighted by Crippen LogP contribution is 2.35. The summed E-state index contributed by atoms with van der Waals surface area (Å²) in [6.07, 6.45) is 1.78. The standard InChI is InChI=1S/C20H14Cl3N3O3S/c1-28-16-4-3-10(18-12(8-24)19(27)26-20(25-18)30-2)5-11(16)9-29-17-7-14(22)13(21)6-15(17)23/h3-7H,9H2,1-2H3,(H,25,26,27). The molecule has 1 aromatic heterocycles. The second-order valence-electron chi connectivity index (χ2n) is 5.92. The van der Waals surface area contributed by atoms with Crippen LogP contribution in [0.5, 0.6) is 11.5 Å². The van der Waals surface area contributed by atoms with Crippen LogP contribution in [0.4, 0.5) is 0 Å². The first-order valence-electron chi connectivity index (χ1n) is 8.41. The van der Waals surface area contributed by atoms with E-state index in [1.54, 1.807) is 24.5 Å². The zero-order valence-electron chi connectivity index (χ0n) is 15.8. The Hall–Kier alpha value is -2.37. The highest BCUT2D eigenvalue weighted by molar-refractivity contribution is 7.98. The van der Waals surface area contributed by atoms with Crippen molar-refractivity contribution in [2.24, 2.45) is 0 Å². The first-order valence-corrected chi connectivity index (χ1v) is 10.8. The minimum absolute atomic E-state index is 0.0719. The SMILES string of the molecule is COc1ccc(-c2nc(SC)[nH]c(=O)c2C#N)cc1COc1cc(Cl)c(Cl)cc1Cl. The number of thioether (sulfide) groups is 1. The third kappa shape index (κ3) is 4.68. The average molecular weight is 483 g/mol. The molecule has 0 saturated heterocycles. The second-order valence-corrected chi connectivity index (χ2v) is 7.94. The van der Waals surface area contributed by atoms with Crippen LogP contribution in [0.15, 0.2) is 40.3 Å². The Labute approximate surface area is 191 Å². The Morgan fingerprint density at radius 2 is 1.87 bits per heavy atom. The Balaban J connectivity index is 2.02. The topological polar surface area (TPSA) is 88.0 Å². The van der Waals surface area contributed by atoms with E-state index in [2.05, 4.69) is 9.97 Å². The Bertz CT molecular complexity index is 1210. The van der Waals surface area contributed by atoms with Crippen molar-refractivity contribution in [3.63, 3.8) is 0 Å². The molecule has 30 heavy (non-hydrogen) atoms. The van der Waals surface area contributed by atoms with E-state index < -0.39 is 5.56 Å². The van der Waals surface area contributed by atoms with Crippen LogP contribution < -0.4 is 15.0 Å². The summed E-state index contributed by atoms with van der Waals surface area (Å²) in [5.74, 6) is 0.915. The van der Waals surface area contributed by atoms with Crippen molar-refractivity contribution in [1.82, 2.24) is 9.97 Å². The van der Waals surface area contributed by atoms with Crippen molar-refractivity contribution >= 4 is 46.6 Å². The van der Waals surface area contributed by atoms with Gasteiger partial charge in [0.1, 0.15) is 29.7 Å². The number of H-pyrrole nitrogens is 1. The molecule has 0 spiro atoms. The number of benzene rings is 2. The third-order valence-corrected chi connectivity index (χ3v) is 5.71. The molecule has 0 aliphatic carbocycles. The van der Waals surface area contributed by atoms with E-state index in [4.69, 9.17) is 44.3 Å². The van der Waals surface area contributed by atoms with Crippen LogP contribution in [0.25, 0.3) is 11.3 Å². The van der Waals surface area contributed by atoms with Crippen LogP contribution in [0.1, 0.15) is 11.1 Å². The molecule has 1 N–H and O–H groups in total. The van der Waals surface area contributed by atoms with Crippen LogP contribution in [0, 0.1) is 11.3 Å². The molecule has 0 aliphatic rings. The summed E-state index contributed by atoms with van der Waals surface area (Å²) < 4.78 is 11.2. The average Bonchev–Trinajstić information content (AvgIpc) is 2.74. The molecular weight excluding hydrogens is 469 g/mol. The monoisotopic (exact) mass is 481 g/mol. The second kappa shape index (κ2) is 9.63. The molecule has 0 aliphatic heterocycles. The van der Waals surface area contributed by atoms with Gasteiger partial charge in [-0.05, 0) is 30.5 Å². The number of aromatic nitrogens is 2. The van der Waals surface area contributed by atoms with Gasteiger partial charge in [0.25, 0.3) is 5.56 Å². The molecule has 0 saturated carbocycles. The third-order valence-electron chi connectivity index (χ3n) is 4.11. The van der Waals surface area contributed by atoms with E-state index in [1.165, 1.54) is 31.0 Å². The van der Waals surface area contributed by atoms with Crippen molar-refractivity contribution < 1.29 is 9.47 Å².